The van der Waals surface area contributed by atoms with Crippen LogP contribution in [0.3, 0.4) is 0 Å². The highest BCUT2D eigenvalue weighted by molar-refractivity contribution is 8.67. The van der Waals surface area contributed by atoms with Crippen LogP contribution in [0.15, 0.2) is 10.6 Å². The van der Waals surface area contributed by atoms with Crippen molar-refractivity contribution in [2.45, 2.75) is 13.8 Å². The van der Waals surface area contributed by atoms with Gasteiger partial charge in [-0.3, -0.25) is 0 Å². The van der Waals surface area contributed by atoms with Gasteiger partial charge < -0.3 is 9.05 Å². The molecule has 0 bridgehead atoms. The molecule has 0 saturated carbocycles. The van der Waals surface area contributed by atoms with Crippen LogP contribution in [0.2, 0.25) is 0 Å². The Morgan fingerprint density at radius 3 is 2.21 bits per heavy atom. The SMILES string of the molecule is CCOP(=S)(OCC)SCC=C(Cl)Cl. The van der Waals surface area contributed by atoms with Gasteiger partial charge in [0.05, 0.1) is 13.2 Å². The van der Waals surface area contributed by atoms with Crippen molar-refractivity contribution in [2.24, 2.45) is 0 Å². The topological polar surface area (TPSA) is 18.5 Å². The Bertz CT molecular complexity index is 222. The summed E-state index contributed by atoms with van der Waals surface area (Å²) in [5.41, 5.74) is -2.19. The fourth-order valence-corrected chi connectivity index (χ4v) is 5.27. The summed E-state index contributed by atoms with van der Waals surface area (Å²) in [5, 5.41) is 0. The molecule has 14 heavy (non-hydrogen) atoms. The lowest BCUT2D eigenvalue weighted by Crippen LogP contribution is -1.92. The first-order valence-electron chi connectivity index (χ1n) is 4.09. The van der Waals surface area contributed by atoms with Gasteiger partial charge in [-0.25, -0.2) is 0 Å². The smallest absolute Gasteiger partial charge is 0.247 e. The van der Waals surface area contributed by atoms with Gasteiger partial charge in [0.2, 0.25) is 5.69 Å². The van der Waals surface area contributed by atoms with Crippen molar-refractivity contribution in [2.75, 3.05) is 19.0 Å². The molecule has 0 saturated heterocycles. The van der Waals surface area contributed by atoms with E-state index in [1.54, 1.807) is 6.08 Å². The van der Waals surface area contributed by atoms with Crippen LogP contribution in [0.5, 0.6) is 0 Å². The van der Waals surface area contributed by atoms with E-state index in [-0.39, 0.29) is 4.49 Å². The van der Waals surface area contributed by atoms with Crippen LogP contribution in [0.1, 0.15) is 13.8 Å². The average Bonchev–Trinajstić information content (AvgIpc) is 2.03. The van der Waals surface area contributed by atoms with Gasteiger partial charge in [0.15, 0.2) is 0 Å². The van der Waals surface area contributed by atoms with E-state index in [9.17, 15) is 0 Å². The second-order valence-electron chi connectivity index (χ2n) is 2.07. The average molecular weight is 295 g/mol. The highest BCUT2D eigenvalue weighted by Crippen LogP contribution is 2.60. The molecule has 0 atom stereocenters. The van der Waals surface area contributed by atoms with E-state index < -0.39 is 5.69 Å². The number of halogens is 2. The van der Waals surface area contributed by atoms with Crippen LogP contribution in [0.4, 0.5) is 0 Å². The number of hydrogen-bond acceptors (Lipinski definition) is 4. The summed E-state index contributed by atoms with van der Waals surface area (Å²) in [6.07, 6.45) is 1.67. The molecular weight excluding hydrogens is 282 g/mol. The van der Waals surface area contributed by atoms with Crippen LogP contribution < -0.4 is 0 Å². The Hall–Kier alpha value is 1.24. The molecule has 0 aromatic carbocycles. The first kappa shape index (κ1) is 15.2. The third-order valence-corrected chi connectivity index (χ3v) is 6.74. The zero-order valence-corrected chi connectivity index (χ0v) is 12.1. The minimum atomic E-state index is -2.19. The van der Waals surface area contributed by atoms with E-state index >= 15 is 0 Å². The van der Waals surface area contributed by atoms with E-state index in [4.69, 9.17) is 44.1 Å². The molecule has 0 heterocycles. The molecule has 0 aromatic heterocycles. The predicted octanol–water partition coefficient (Wildman–Crippen LogP) is 4.34. The maximum Gasteiger partial charge on any atom is 0.247 e. The summed E-state index contributed by atoms with van der Waals surface area (Å²) in [4.78, 5) is 0. The molecule has 0 N–H and O–H groups in total. The van der Waals surface area contributed by atoms with Crippen molar-refractivity contribution in [3.63, 3.8) is 0 Å². The van der Waals surface area contributed by atoms with Gasteiger partial charge in [-0.1, -0.05) is 34.6 Å². The Morgan fingerprint density at radius 1 is 1.36 bits per heavy atom. The Morgan fingerprint density at radius 2 is 1.86 bits per heavy atom. The molecule has 84 valence electrons. The minimum absolute atomic E-state index is 0.243. The molecular formula is C7H13Cl2O2PS2. The molecule has 0 radical (unpaired) electrons. The second kappa shape index (κ2) is 8.40. The zero-order chi connectivity index (χ0) is 11.0. The van der Waals surface area contributed by atoms with Crippen molar-refractivity contribution < 1.29 is 9.05 Å². The maximum absolute atomic E-state index is 5.47. The van der Waals surface area contributed by atoms with Crippen molar-refractivity contribution in [1.29, 1.82) is 0 Å². The van der Waals surface area contributed by atoms with E-state index in [0.29, 0.717) is 19.0 Å². The monoisotopic (exact) mass is 294 g/mol. The molecule has 0 unspecified atom stereocenters. The van der Waals surface area contributed by atoms with Gasteiger partial charge in [0.25, 0.3) is 0 Å². The van der Waals surface area contributed by atoms with E-state index in [2.05, 4.69) is 0 Å². The van der Waals surface area contributed by atoms with Crippen LogP contribution in [0.25, 0.3) is 0 Å². The molecule has 0 aliphatic rings. The van der Waals surface area contributed by atoms with Gasteiger partial charge in [0, 0.05) is 5.75 Å². The fraction of sp³-hybridized carbons (Fsp3) is 0.714. The first-order chi connectivity index (χ1) is 6.54. The summed E-state index contributed by atoms with van der Waals surface area (Å²) in [6.45, 7) is 4.90. The summed E-state index contributed by atoms with van der Waals surface area (Å²) in [7, 11) is 0. The van der Waals surface area contributed by atoms with Crippen molar-refractivity contribution >= 4 is 52.1 Å². The standard InChI is InChI=1S/C7H13Cl2O2PS2/c1-3-10-12(13,11-4-2)14-6-5-7(8)9/h5H,3-4,6H2,1-2H3. The van der Waals surface area contributed by atoms with Crippen molar-refractivity contribution in [3.05, 3.63) is 10.6 Å². The fourth-order valence-electron chi connectivity index (χ4n) is 0.620. The summed E-state index contributed by atoms with van der Waals surface area (Å²) >= 11 is 17.6. The van der Waals surface area contributed by atoms with Crippen molar-refractivity contribution in [1.82, 2.24) is 0 Å². The van der Waals surface area contributed by atoms with Gasteiger partial charge in [0.1, 0.15) is 4.49 Å². The van der Waals surface area contributed by atoms with Gasteiger partial charge in [-0.2, -0.15) is 0 Å². The molecule has 2 nitrogen and oxygen atoms in total. The Kier molecular flexibility index (Phi) is 9.14. The lowest BCUT2D eigenvalue weighted by molar-refractivity contribution is 0.280. The van der Waals surface area contributed by atoms with Crippen molar-refractivity contribution in [3.8, 4) is 0 Å². The van der Waals surface area contributed by atoms with E-state index in [0.717, 1.165) is 0 Å². The molecule has 0 rings (SSSR count). The quantitative estimate of drug-likeness (QED) is 0.650. The second-order valence-corrected chi connectivity index (χ2v) is 9.43. The third kappa shape index (κ3) is 7.52. The Balaban J connectivity index is 4.09. The normalized spacial score (nSPS) is 11.4. The van der Waals surface area contributed by atoms with Crippen LogP contribution >= 0.6 is 40.3 Å². The highest BCUT2D eigenvalue weighted by Gasteiger charge is 2.17. The predicted molar refractivity (Wildman–Crippen MR) is 69.8 cm³/mol. The largest absolute Gasteiger partial charge is 0.322 e. The van der Waals surface area contributed by atoms with Gasteiger partial charge in [-0.05, 0) is 31.7 Å². The first-order valence-corrected chi connectivity index (χ1v) is 9.07. The lowest BCUT2D eigenvalue weighted by atomic mass is 10.8. The summed E-state index contributed by atoms with van der Waals surface area (Å²) in [5.74, 6) is 0.611. The van der Waals surface area contributed by atoms with E-state index in [1.807, 2.05) is 13.8 Å². The number of hydrogen-bond donors (Lipinski definition) is 0. The maximum atomic E-state index is 5.47. The molecule has 7 heteroatoms. The molecule has 0 aliphatic carbocycles. The van der Waals surface area contributed by atoms with E-state index in [1.165, 1.54) is 11.4 Å². The lowest BCUT2D eigenvalue weighted by Gasteiger charge is -2.18. The van der Waals surface area contributed by atoms with Crippen LogP contribution in [-0.4, -0.2) is 19.0 Å². The minimum Gasteiger partial charge on any atom is -0.322 e. The summed E-state index contributed by atoms with van der Waals surface area (Å²) in [6, 6.07) is 0. The molecule has 0 aliphatic heterocycles. The van der Waals surface area contributed by atoms with Crippen LogP contribution in [-0.2, 0) is 20.9 Å². The molecule has 0 amide bonds. The third-order valence-electron chi connectivity index (χ3n) is 1.04. The van der Waals surface area contributed by atoms with Gasteiger partial charge in [-0.15, -0.1) is 0 Å². The molecule has 0 fully saturated rings. The number of rotatable bonds is 7. The highest BCUT2D eigenvalue weighted by atomic mass is 35.5. The molecule has 0 aromatic rings. The van der Waals surface area contributed by atoms with Crippen LogP contribution in [0, 0.1) is 0 Å². The zero-order valence-electron chi connectivity index (χ0n) is 8.03. The Labute approximate surface area is 104 Å². The summed E-state index contributed by atoms with van der Waals surface area (Å²) < 4.78 is 11.0. The van der Waals surface area contributed by atoms with Gasteiger partial charge >= 0.3 is 0 Å². The molecule has 0 spiro atoms.